The second kappa shape index (κ2) is 6.77. The predicted octanol–water partition coefficient (Wildman–Crippen LogP) is 3.20. The minimum absolute atomic E-state index is 0.500. The highest BCUT2D eigenvalue weighted by Crippen LogP contribution is 2.53. The van der Waals surface area contributed by atoms with Crippen LogP contribution in [0.3, 0.4) is 0 Å². The van der Waals surface area contributed by atoms with Gasteiger partial charge in [-0.15, -0.1) is 0 Å². The number of alkyl halides is 2. The highest BCUT2D eigenvalue weighted by atomic mass is 19.3. The maximum atomic E-state index is 14.5. The van der Waals surface area contributed by atoms with Crippen LogP contribution in [0.2, 0.25) is 0 Å². The number of carbonyl (C=O) groups is 2. The summed E-state index contributed by atoms with van der Waals surface area (Å²) in [6.07, 6.45) is -2.64. The highest BCUT2D eigenvalue weighted by molar-refractivity contribution is 5.92. The lowest BCUT2D eigenvalue weighted by molar-refractivity contribution is -0.385. The lowest BCUT2D eigenvalue weighted by atomic mass is 9.59. The number of carboxylic acid groups (broad SMARTS) is 2. The zero-order chi connectivity index (χ0) is 19.8. The third-order valence-electron chi connectivity index (χ3n) is 4.79. The fraction of sp³-hybridized carbons (Fsp3) is 0.375. The Morgan fingerprint density at radius 2 is 1.96 bits per heavy atom. The third-order valence-corrected chi connectivity index (χ3v) is 4.79. The number of benzene rings is 1. The molecule has 0 radical (unpaired) electrons. The molecule has 140 valence electrons. The lowest BCUT2D eigenvalue weighted by Gasteiger charge is -2.43. The first-order valence-corrected chi connectivity index (χ1v) is 7.40. The van der Waals surface area contributed by atoms with Crippen LogP contribution in [0.15, 0.2) is 29.8 Å². The number of hydrogen-bond acceptors (Lipinski definition) is 4. The molecular formula is C16H14F3NO6. The number of aliphatic carboxylic acids is 2. The molecule has 1 aliphatic rings. The van der Waals surface area contributed by atoms with Crippen molar-refractivity contribution in [1.82, 2.24) is 0 Å². The summed E-state index contributed by atoms with van der Waals surface area (Å²) in [7, 11) is 0. The first-order chi connectivity index (χ1) is 12.0. The Morgan fingerprint density at radius 3 is 2.38 bits per heavy atom. The molecule has 0 fully saturated rings. The summed E-state index contributed by atoms with van der Waals surface area (Å²) in [4.78, 5) is 33.2. The van der Waals surface area contributed by atoms with E-state index in [2.05, 4.69) is 0 Å². The van der Waals surface area contributed by atoms with Crippen molar-refractivity contribution in [2.75, 3.05) is 0 Å². The van der Waals surface area contributed by atoms with Crippen molar-refractivity contribution in [2.24, 2.45) is 11.3 Å². The van der Waals surface area contributed by atoms with E-state index in [9.17, 15) is 43.1 Å². The average Bonchev–Trinajstić information content (AvgIpc) is 2.54. The standard InChI is InChI=1S/C16H14F3NO6/c1-16(15(23)24)10(13(18)19)5-4-9(14(21)22)12(16)8-3-2-7(20(25)26)6-11(8)17/h2-4,6,10,12-13H,5H2,1H3,(H,21,22)(H,23,24). The number of nitro groups is 1. The van der Waals surface area contributed by atoms with Crippen LogP contribution in [0, 0.1) is 27.3 Å². The molecule has 10 heteroatoms. The number of nitro benzene ring substituents is 1. The van der Waals surface area contributed by atoms with Crippen LogP contribution in [-0.4, -0.2) is 33.5 Å². The monoisotopic (exact) mass is 373 g/mol. The van der Waals surface area contributed by atoms with Crippen LogP contribution in [0.5, 0.6) is 0 Å². The van der Waals surface area contributed by atoms with Gasteiger partial charge < -0.3 is 10.2 Å². The van der Waals surface area contributed by atoms with Gasteiger partial charge in [-0.1, -0.05) is 6.08 Å². The number of allylic oxidation sites excluding steroid dienone is 1. The van der Waals surface area contributed by atoms with Crippen molar-refractivity contribution in [3.63, 3.8) is 0 Å². The zero-order valence-corrected chi connectivity index (χ0v) is 13.4. The molecule has 0 spiro atoms. The zero-order valence-electron chi connectivity index (χ0n) is 13.4. The second-order valence-corrected chi connectivity index (χ2v) is 6.13. The minimum Gasteiger partial charge on any atom is -0.481 e. The fourth-order valence-electron chi connectivity index (χ4n) is 3.37. The number of hydrogen-bond donors (Lipinski definition) is 2. The molecule has 0 aliphatic heterocycles. The molecule has 0 aromatic heterocycles. The van der Waals surface area contributed by atoms with Gasteiger partial charge in [-0.2, -0.15) is 0 Å². The Morgan fingerprint density at radius 1 is 1.35 bits per heavy atom. The van der Waals surface area contributed by atoms with Crippen LogP contribution in [0.4, 0.5) is 18.9 Å². The molecule has 1 aromatic carbocycles. The Bertz CT molecular complexity index is 809. The summed E-state index contributed by atoms with van der Waals surface area (Å²) in [5, 5.41) is 29.7. The molecule has 3 unspecified atom stereocenters. The Kier molecular flexibility index (Phi) is 5.06. The van der Waals surface area contributed by atoms with Crippen LogP contribution in [-0.2, 0) is 9.59 Å². The van der Waals surface area contributed by atoms with Gasteiger partial charge in [0.25, 0.3) is 5.69 Å². The van der Waals surface area contributed by atoms with Crippen LogP contribution in [0.25, 0.3) is 0 Å². The Labute approximate surface area is 144 Å². The number of carboxylic acids is 2. The minimum atomic E-state index is -3.09. The van der Waals surface area contributed by atoms with E-state index in [0.29, 0.717) is 6.07 Å². The van der Waals surface area contributed by atoms with Gasteiger partial charge in [0, 0.05) is 23.5 Å². The summed E-state index contributed by atoms with van der Waals surface area (Å²) >= 11 is 0. The van der Waals surface area contributed by atoms with Crippen LogP contribution >= 0.6 is 0 Å². The van der Waals surface area contributed by atoms with Crippen molar-refractivity contribution < 1.29 is 37.9 Å². The van der Waals surface area contributed by atoms with Crippen molar-refractivity contribution in [1.29, 1.82) is 0 Å². The molecule has 2 N–H and O–H groups in total. The van der Waals surface area contributed by atoms with Crippen molar-refractivity contribution in [2.45, 2.75) is 25.7 Å². The first kappa shape index (κ1) is 19.4. The molecule has 3 atom stereocenters. The van der Waals surface area contributed by atoms with Crippen molar-refractivity contribution in [3.8, 4) is 0 Å². The van der Waals surface area contributed by atoms with Gasteiger partial charge in [0.05, 0.1) is 16.4 Å². The van der Waals surface area contributed by atoms with Gasteiger partial charge in [-0.25, -0.2) is 18.0 Å². The fourth-order valence-corrected chi connectivity index (χ4v) is 3.37. The first-order valence-electron chi connectivity index (χ1n) is 7.40. The molecule has 0 bridgehead atoms. The van der Waals surface area contributed by atoms with E-state index in [1.54, 1.807) is 0 Å². The Balaban J connectivity index is 2.75. The molecule has 26 heavy (non-hydrogen) atoms. The van der Waals surface area contributed by atoms with Gasteiger partial charge >= 0.3 is 11.9 Å². The van der Waals surface area contributed by atoms with E-state index < -0.39 is 69.6 Å². The van der Waals surface area contributed by atoms with E-state index in [-0.39, 0.29) is 0 Å². The maximum Gasteiger partial charge on any atom is 0.331 e. The molecule has 1 aliphatic carbocycles. The third kappa shape index (κ3) is 3.02. The van der Waals surface area contributed by atoms with Crippen LogP contribution < -0.4 is 0 Å². The number of rotatable bonds is 5. The number of non-ortho nitro benzene ring substituents is 1. The van der Waals surface area contributed by atoms with Gasteiger partial charge in [0.1, 0.15) is 5.82 Å². The molecule has 1 aromatic rings. The smallest absolute Gasteiger partial charge is 0.331 e. The second-order valence-electron chi connectivity index (χ2n) is 6.13. The molecule has 0 heterocycles. The summed E-state index contributed by atoms with van der Waals surface area (Å²) in [6, 6.07) is 2.24. The van der Waals surface area contributed by atoms with E-state index in [4.69, 9.17) is 0 Å². The average molecular weight is 373 g/mol. The Hall–Kier alpha value is -2.91. The largest absolute Gasteiger partial charge is 0.481 e. The van der Waals surface area contributed by atoms with Gasteiger partial charge in [-0.3, -0.25) is 14.9 Å². The lowest BCUT2D eigenvalue weighted by Crippen LogP contribution is -2.48. The van der Waals surface area contributed by atoms with Crippen molar-refractivity contribution in [3.05, 3.63) is 51.3 Å². The topological polar surface area (TPSA) is 118 Å². The molecule has 0 saturated carbocycles. The molecule has 0 amide bonds. The SMILES string of the molecule is CC1(C(=O)O)C(c2ccc([N+](=O)[O-])cc2F)C(C(=O)O)=CCC1C(F)F. The van der Waals surface area contributed by atoms with Crippen molar-refractivity contribution >= 4 is 17.6 Å². The summed E-state index contributed by atoms with van der Waals surface area (Å²) in [5.74, 6) is -8.03. The van der Waals surface area contributed by atoms with Gasteiger partial charge in [-0.05, 0) is 25.0 Å². The summed E-state index contributed by atoms with van der Waals surface area (Å²) in [6.45, 7) is 0.938. The van der Waals surface area contributed by atoms with E-state index in [0.717, 1.165) is 25.1 Å². The van der Waals surface area contributed by atoms with Crippen LogP contribution in [0.1, 0.15) is 24.8 Å². The summed E-state index contributed by atoms with van der Waals surface area (Å²) < 4.78 is 41.3. The predicted molar refractivity (Wildman–Crippen MR) is 81.4 cm³/mol. The highest BCUT2D eigenvalue weighted by Gasteiger charge is 2.56. The van der Waals surface area contributed by atoms with E-state index in [1.165, 1.54) is 0 Å². The van der Waals surface area contributed by atoms with E-state index >= 15 is 0 Å². The molecular weight excluding hydrogens is 359 g/mol. The molecule has 2 rings (SSSR count). The maximum absolute atomic E-state index is 14.5. The van der Waals surface area contributed by atoms with Gasteiger partial charge in [0.15, 0.2) is 0 Å². The molecule has 0 saturated heterocycles. The number of halogens is 3. The van der Waals surface area contributed by atoms with Gasteiger partial charge in [0.2, 0.25) is 6.43 Å². The van der Waals surface area contributed by atoms with E-state index in [1.807, 2.05) is 0 Å². The molecule has 7 nitrogen and oxygen atoms in total. The quantitative estimate of drug-likeness (QED) is 0.604. The number of nitrogens with zero attached hydrogens (tertiary/aromatic N) is 1. The normalized spacial score (nSPS) is 25.7. The summed E-state index contributed by atoms with van der Waals surface area (Å²) in [5.41, 5.74) is -4.00.